The predicted molar refractivity (Wildman–Crippen MR) is 69.5 cm³/mol. The van der Waals surface area contributed by atoms with E-state index >= 15 is 0 Å². The molecule has 0 atom stereocenters. The zero-order valence-corrected chi connectivity index (χ0v) is 9.70. The molecule has 3 rings (SSSR count). The van der Waals surface area contributed by atoms with Gasteiger partial charge >= 0.3 is 12.0 Å². The van der Waals surface area contributed by atoms with E-state index < -0.39 is 12.0 Å². The Kier molecular flexibility index (Phi) is 2.42. The van der Waals surface area contributed by atoms with Gasteiger partial charge in [-0.05, 0) is 16.8 Å². The normalized spacial score (nSPS) is 11.6. The second kappa shape index (κ2) is 4.09. The van der Waals surface area contributed by atoms with Crippen molar-refractivity contribution in [2.75, 3.05) is 0 Å². The van der Waals surface area contributed by atoms with Gasteiger partial charge in [0.2, 0.25) is 0 Å². The first kappa shape index (κ1) is 11.2. The third kappa shape index (κ3) is 1.79. The summed E-state index contributed by atoms with van der Waals surface area (Å²) in [6.07, 6.45) is 0. The smallest absolute Gasteiger partial charge is 0.357 e. The highest BCUT2D eigenvalue weighted by molar-refractivity contribution is 6.12. The molecule has 3 aromatic rings. The van der Waals surface area contributed by atoms with Crippen molar-refractivity contribution in [2.24, 2.45) is 16.0 Å². The third-order valence-electron chi connectivity index (χ3n) is 2.79. The molecule has 0 aliphatic heterocycles. The molecule has 0 saturated heterocycles. The molecule has 0 spiro atoms. The van der Waals surface area contributed by atoms with Crippen molar-refractivity contribution in [1.82, 2.24) is 0 Å². The van der Waals surface area contributed by atoms with Crippen LogP contribution in [-0.4, -0.2) is 11.1 Å². The Labute approximate surface area is 107 Å². The van der Waals surface area contributed by atoms with Crippen LogP contribution in [0.15, 0.2) is 51.0 Å². The van der Waals surface area contributed by atoms with Gasteiger partial charge in [0.1, 0.15) is 5.58 Å². The number of urea groups is 1. The molecule has 19 heavy (non-hydrogen) atoms. The number of nitrogens with zero attached hydrogens (tertiary/aromatic N) is 2. The number of hydrogen-bond acceptors (Lipinski definition) is 4. The summed E-state index contributed by atoms with van der Waals surface area (Å²) >= 11 is 0. The van der Waals surface area contributed by atoms with E-state index in [1.165, 1.54) is 0 Å². The summed E-state index contributed by atoms with van der Waals surface area (Å²) in [6, 6.07) is 10.2. The van der Waals surface area contributed by atoms with E-state index in [4.69, 9.17) is 10.2 Å². The lowest BCUT2D eigenvalue weighted by molar-refractivity contribution is 0.255. The maximum atomic E-state index is 10.7. The highest BCUT2D eigenvalue weighted by Gasteiger charge is 2.16. The molecule has 0 unspecified atom stereocenters. The number of amides is 2. The second-order valence-electron chi connectivity index (χ2n) is 3.95. The van der Waals surface area contributed by atoms with Gasteiger partial charge in [-0.2, -0.15) is 0 Å². The van der Waals surface area contributed by atoms with Crippen LogP contribution in [0.2, 0.25) is 0 Å². The van der Waals surface area contributed by atoms with Crippen LogP contribution in [0, 0.1) is 0 Å². The number of nitrogens with two attached hydrogens (primary N) is 1. The van der Waals surface area contributed by atoms with E-state index in [9.17, 15) is 9.90 Å². The molecule has 0 radical (unpaired) electrons. The van der Waals surface area contributed by atoms with Gasteiger partial charge in [0.05, 0.1) is 5.39 Å². The van der Waals surface area contributed by atoms with E-state index in [1.54, 1.807) is 6.07 Å². The lowest BCUT2D eigenvalue weighted by Gasteiger charge is -1.98. The quantitative estimate of drug-likeness (QED) is 0.651. The van der Waals surface area contributed by atoms with Gasteiger partial charge < -0.3 is 15.3 Å². The molecule has 94 valence electrons. The standard InChI is InChI=1S/C13H9N3O3/c14-13(18)16-15-11-10-8-4-2-1-3-7(8)5-6-9(10)19-12(11)17/h1-6,17H,(H2,14,18). The molecule has 1 aromatic heterocycles. The topological polar surface area (TPSA) is 101 Å². The molecule has 1 heterocycles. The molecule has 0 aliphatic carbocycles. The number of azo groups is 1. The monoisotopic (exact) mass is 255 g/mol. The van der Waals surface area contributed by atoms with Gasteiger partial charge in [0.15, 0.2) is 5.69 Å². The zero-order valence-electron chi connectivity index (χ0n) is 9.70. The fourth-order valence-corrected chi connectivity index (χ4v) is 2.03. The molecule has 2 aromatic carbocycles. The van der Waals surface area contributed by atoms with Gasteiger partial charge in [0, 0.05) is 0 Å². The van der Waals surface area contributed by atoms with E-state index in [0.29, 0.717) is 11.0 Å². The number of primary amides is 1. The summed E-state index contributed by atoms with van der Waals surface area (Å²) in [4.78, 5) is 10.7. The van der Waals surface area contributed by atoms with Crippen molar-refractivity contribution in [1.29, 1.82) is 0 Å². The Morgan fingerprint density at radius 2 is 2.00 bits per heavy atom. The second-order valence-corrected chi connectivity index (χ2v) is 3.95. The summed E-state index contributed by atoms with van der Waals surface area (Å²) in [5, 5.41) is 19.0. The number of rotatable bonds is 1. The number of carbonyl (C=O) groups is 1. The van der Waals surface area contributed by atoms with Crippen molar-refractivity contribution in [3.05, 3.63) is 36.4 Å². The maximum Gasteiger partial charge on any atom is 0.357 e. The average molecular weight is 255 g/mol. The fraction of sp³-hybridized carbons (Fsp3) is 0. The third-order valence-corrected chi connectivity index (χ3v) is 2.79. The first-order chi connectivity index (χ1) is 9.16. The molecule has 0 fully saturated rings. The highest BCUT2D eigenvalue weighted by Crippen LogP contribution is 2.42. The van der Waals surface area contributed by atoms with E-state index in [2.05, 4.69) is 10.2 Å². The zero-order chi connectivity index (χ0) is 13.4. The van der Waals surface area contributed by atoms with Crippen LogP contribution in [0.5, 0.6) is 5.95 Å². The van der Waals surface area contributed by atoms with Crippen LogP contribution >= 0.6 is 0 Å². The van der Waals surface area contributed by atoms with Crippen molar-refractivity contribution in [3.8, 4) is 5.95 Å². The number of aromatic hydroxyl groups is 1. The number of benzene rings is 2. The van der Waals surface area contributed by atoms with E-state index in [1.807, 2.05) is 30.3 Å². The van der Waals surface area contributed by atoms with Crippen LogP contribution in [-0.2, 0) is 0 Å². The molecule has 0 saturated carbocycles. The Bertz CT molecular complexity index is 820. The largest absolute Gasteiger partial charge is 0.479 e. The number of fused-ring (bicyclic) bond motifs is 3. The summed E-state index contributed by atoms with van der Waals surface area (Å²) in [7, 11) is 0. The fourth-order valence-electron chi connectivity index (χ4n) is 2.03. The van der Waals surface area contributed by atoms with Crippen molar-refractivity contribution < 1.29 is 14.3 Å². The maximum absolute atomic E-state index is 10.7. The molecular weight excluding hydrogens is 246 g/mol. The van der Waals surface area contributed by atoms with Gasteiger partial charge in [-0.15, -0.1) is 5.11 Å². The predicted octanol–water partition coefficient (Wildman–Crippen LogP) is 3.45. The Morgan fingerprint density at radius 1 is 1.21 bits per heavy atom. The number of hydrogen-bond donors (Lipinski definition) is 2. The van der Waals surface area contributed by atoms with Gasteiger partial charge in [-0.1, -0.05) is 35.4 Å². The van der Waals surface area contributed by atoms with Crippen molar-refractivity contribution >= 4 is 33.5 Å². The van der Waals surface area contributed by atoms with Crippen LogP contribution < -0.4 is 5.73 Å². The number of furan rings is 1. The number of carbonyl (C=O) groups excluding carboxylic acids is 1. The van der Waals surface area contributed by atoms with Crippen LogP contribution in [0.1, 0.15) is 0 Å². The van der Waals surface area contributed by atoms with Gasteiger partial charge in [0.25, 0.3) is 0 Å². The molecule has 2 amide bonds. The first-order valence-electron chi connectivity index (χ1n) is 5.51. The van der Waals surface area contributed by atoms with Gasteiger partial charge in [-0.25, -0.2) is 4.79 Å². The lowest BCUT2D eigenvalue weighted by atomic mass is 10.1. The molecule has 6 heteroatoms. The SMILES string of the molecule is NC(=O)N=Nc1c(O)oc2ccc3ccccc3c12. The average Bonchev–Trinajstić information content (AvgIpc) is 2.72. The first-order valence-corrected chi connectivity index (χ1v) is 5.51. The molecule has 0 bridgehead atoms. The Balaban J connectivity index is 2.40. The summed E-state index contributed by atoms with van der Waals surface area (Å²) in [6.45, 7) is 0. The van der Waals surface area contributed by atoms with Crippen LogP contribution in [0.25, 0.3) is 21.7 Å². The Morgan fingerprint density at radius 3 is 2.79 bits per heavy atom. The summed E-state index contributed by atoms with van der Waals surface area (Å²) < 4.78 is 5.19. The summed E-state index contributed by atoms with van der Waals surface area (Å²) in [5.41, 5.74) is 5.47. The minimum atomic E-state index is -0.936. The minimum absolute atomic E-state index is 0.102. The van der Waals surface area contributed by atoms with Gasteiger partial charge in [-0.3, -0.25) is 0 Å². The Hall–Kier alpha value is -2.89. The summed E-state index contributed by atoms with van der Waals surface area (Å²) in [5.74, 6) is -0.392. The molecule has 0 aliphatic rings. The minimum Gasteiger partial charge on any atom is -0.479 e. The van der Waals surface area contributed by atoms with E-state index in [0.717, 1.165) is 10.8 Å². The highest BCUT2D eigenvalue weighted by atomic mass is 16.5. The molecular formula is C13H9N3O3. The van der Waals surface area contributed by atoms with E-state index in [-0.39, 0.29) is 5.69 Å². The van der Waals surface area contributed by atoms with Crippen molar-refractivity contribution in [3.63, 3.8) is 0 Å². The van der Waals surface area contributed by atoms with Crippen LogP contribution in [0.3, 0.4) is 0 Å². The molecule has 6 nitrogen and oxygen atoms in total. The van der Waals surface area contributed by atoms with Crippen molar-refractivity contribution in [2.45, 2.75) is 0 Å². The lowest BCUT2D eigenvalue weighted by Crippen LogP contribution is -2.01. The van der Waals surface area contributed by atoms with Crippen LogP contribution in [0.4, 0.5) is 10.5 Å². The molecule has 3 N–H and O–H groups in total.